The monoisotopic (exact) mass is 147 g/mol. The summed E-state index contributed by atoms with van der Waals surface area (Å²) >= 11 is 0. The summed E-state index contributed by atoms with van der Waals surface area (Å²) in [5.41, 5.74) is 0. The average molecular weight is 147 g/mol. The Labute approximate surface area is 67.3 Å². The Hall–Kier alpha value is -0.980. The van der Waals surface area contributed by atoms with Gasteiger partial charge in [0.1, 0.15) is 0 Å². The molecule has 1 heterocycles. The molecule has 1 heteroatoms. The van der Waals surface area contributed by atoms with Crippen LogP contribution in [0.4, 0.5) is 0 Å². The molecule has 0 spiro atoms. The molecule has 0 N–H and O–H groups in total. The summed E-state index contributed by atoms with van der Waals surface area (Å²) in [6, 6.07) is 4.80. The molecule has 0 amide bonds. The van der Waals surface area contributed by atoms with E-state index in [0.717, 1.165) is 0 Å². The van der Waals surface area contributed by atoms with E-state index >= 15 is 0 Å². The van der Waals surface area contributed by atoms with Gasteiger partial charge in [0, 0.05) is 12.4 Å². The first-order chi connectivity index (χ1) is 5.47. The van der Waals surface area contributed by atoms with Crippen LogP contribution in [0.3, 0.4) is 0 Å². The zero-order valence-corrected chi connectivity index (χ0v) is 6.61. The molecule has 1 aromatic rings. The molecule has 2 rings (SSSR count). The molecule has 1 aliphatic carbocycles. The fraction of sp³-hybridized carbons (Fsp3) is 0.400. The van der Waals surface area contributed by atoms with Crippen molar-refractivity contribution in [2.75, 3.05) is 0 Å². The molecule has 11 heavy (non-hydrogen) atoms. The lowest BCUT2D eigenvalue weighted by atomic mass is 10.0. The smallest absolute Gasteiger partial charge is 0.0510 e. The summed E-state index contributed by atoms with van der Waals surface area (Å²) in [6.07, 6.45) is 12.8. The second kappa shape index (κ2) is 2.95. The van der Waals surface area contributed by atoms with Gasteiger partial charge < -0.3 is 4.57 Å². The van der Waals surface area contributed by atoms with Gasteiger partial charge in [-0.25, -0.2) is 0 Å². The maximum atomic E-state index is 2.31. The maximum Gasteiger partial charge on any atom is 0.0510 e. The minimum atomic E-state index is 0.624. The minimum Gasteiger partial charge on any atom is -0.348 e. The van der Waals surface area contributed by atoms with Crippen molar-refractivity contribution >= 4 is 0 Å². The van der Waals surface area contributed by atoms with E-state index in [1.54, 1.807) is 0 Å². The maximum absolute atomic E-state index is 2.31. The van der Waals surface area contributed by atoms with Crippen molar-refractivity contribution in [3.05, 3.63) is 36.7 Å². The van der Waals surface area contributed by atoms with E-state index in [1.165, 1.54) is 19.3 Å². The van der Waals surface area contributed by atoms with E-state index < -0.39 is 0 Å². The second-order valence-corrected chi connectivity index (χ2v) is 3.06. The van der Waals surface area contributed by atoms with E-state index in [1.807, 2.05) is 0 Å². The molecule has 0 radical (unpaired) electrons. The lowest BCUT2D eigenvalue weighted by Crippen LogP contribution is -2.05. The Kier molecular flexibility index (Phi) is 1.80. The number of aromatic nitrogens is 1. The molecule has 0 aliphatic heterocycles. The van der Waals surface area contributed by atoms with Crippen molar-refractivity contribution in [1.29, 1.82) is 0 Å². The molecule has 1 aromatic heterocycles. The van der Waals surface area contributed by atoms with Crippen LogP contribution in [0.5, 0.6) is 0 Å². The number of rotatable bonds is 1. The van der Waals surface area contributed by atoms with Gasteiger partial charge in [-0.1, -0.05) is 12.2 Å². The summed E-state index contributed by atoms with van der Waals surface area (Å²) < 4.78 is 2.27. The summed E-state index contributed by atoms with van der Waals surface area (Å²) in [4.78, 5) is 0. The lowest BCUT2D eigenvalue weighted by Gasteiger charge is -2.17. The fourth-order valence-corrected chi connectivity index (χ4v) is 1.61. The van der Waals surface area contributed by atoms with Gasteiger partial charge in [0.25, 0.3) is 0 Å². The van der Waals surface area contributed by atoms with Gasteiger partial charge in [0.15, 0.2) is 0 Å². The van der Waals surface area contributed by atoms with Crippen LogP contribution in [0.2, 0.25) is 0 Å². The Balaban J connectivity index is 2.16. The first kappa shape index (κ1) is 6.71. The van der Waals surface area contributed by atoms with Gasteiger partial charge in [-0.2, -0.15) is 0 Å². The van der Waals surface area contributed by atoms with Gasteiger partial charge in [0.2, 0.25) is 0 Å². The van der Waals surface area contributed by atoms with Crippen LogP contribution in [0, 0.1) is 0 Å². The van der Waals surface area contributed by atoms with E-state index in [-0.39, 0.29) is 0 Å². The Morgan fingerprint density at radius 1 is 1.18 bits per heavy atom. The summed E-state index contributed by atoms with van der Waals surface area (Å²) in [5.74, 6) is 0. The Bertz CT molecular complexity index is 233. The molecule has 0 saturated heterocycles. The molecule has 1 aliphatic rings. The number of hydrogen-bond acceptors (Lipinski definition) is 0. The SMILES string of the molecule is C1=CC(n2cccc2)CCC1. The van der Waals surface area contributed by atoms with Crippen molar-refractivity contribution in [2.24, 2.45) is 0 Å². The first-order valence-electron chi connectivity index (χ1n) is 4.26. The molecule has 0 bridgehead atoms. The van der Waals surface area contributed by atoms with Crippen LogP contribution < -0.4 is 0 Å². The molecule has 1 nitrogen and oxygen atoms in total. The van der Waals surface area contributed by atoms with Crippen LogP contribution in [0.1, 0.15) is 25.3 Å². The Morgan fingerprint density at radius 2 is 2.00 bits per heavy atom. The van der Waals surface area contributed by atoms with Gasteiger partial charge in [0.05, 0.1) is 6.04 Å². The molecule has 0 aromatic carbocycles. The van der Waals surface area contributed by atoms with Crippen LogP contribution >= 0.6 is 0 Å². The van der Waals surface area contributed by atoms with Crippen LogP contribution in [0.15, 0.2) is 36.7 Å². The highest BCUT2D eigenvalue weighted by molar-refractivity contribution is 5.02. The van der Waals surface area contributed by atoms with Gasteiger partial charge in [-0.05, 0) is 31.4 Å². The van der Waals surface area contributed by atoms with Crippen molar-refractivity contribution in [1.82, 2.24) is 4.57 Å². The quantitative estimate of drug-likeness (QED) is 0.538. The fourth-order valence-electron chi connectivity index (χ4n) is 1.61. The third kappa shape index (κ3) is 1.37. The minimum absolute atomic E-state index is 0.624. The molecular weight excluding hydrogens is 134 g/mol. The summed E-state index contributed by atoms with van der Waals surface area (Å²) in [5, 5.41) is 0. The summed E-state index contributed by atoms with van der Waals surface area (Å²) in [7, 11) is 0. The third-order valence-corrected chi connectivity index (χ3v) is 2.24. The molecule has 0 fully saturated rings. The second-order valence-electron chi connectivity index (χ2n) is 3.06. The Morgan fingerprint density at radius 3 is 2.64 bits per heavy atom. The molecular formula is C10H13N. The molecule has 1 unspecified atom stereocenters. The topological polar surface area (TPSA) is 4.93 Å². The van der Waals surface area contributed by atoms with Gasteiger partial charge >= 0.3 is 0 Å². The zero-order chi connectivity index (χ0) is 7.52. The highest BCUT2D eigenvalue weighted by Crippen LogP contribution is 2.21. The largest absolute Gasteiger partial charge is 0.348 e. The van der Waals surface area contributed by atoms with Crippen LogP contribution in [0.25, 0.3) is 0 Å². The van der Waals surface area contributed by atoms with E-state index in [0.29, 0.717) is 6.04 Å². The highest BCUT2D eigenvalue weighted by Gasteiger charge is 2.07. The van der Waals surface area contributed by atoms with Crippen molar-refractivity contribution in [2.45, 2.75) is 25.3 Å². The normalized spacial score (nSPS) is 23.8. The standard InChI is InChI=1S/C10H13N/c1-2-6-10(7-3-1)11-8-4-5-9-11/h2,4-6,8-10H,1,3,7H2. The van der Waals surface area contributed by atoms with Gasteiger partial charge in [-0.15, -0.1) is 0 Å². The summed E-state index contributed by atoms with van der Waals surface area (Å²) in [6.45, 7) is 0. The number of hydrogen-bond donors (Lipinski definition) is 0. The average Bonchev–Trinajstić information content (AvgIpc) is 2.58. The van der Waals surface area contributed by atoms with E-state index in [4.69, 9.17) is 0 Å². The van der Waals surface area contributed by atoms with Crippen LogP contribution in [-0.4, -0.2) is 4.57 Å². The predicted molar refractivity (Wildman–Crippen MR) is 46.5 cm³/mol. The zero-order valence-electron chi connectivity index (χ0n) is 6.61. The highest BCUT2D eigenvalue weighted by atomic mass is 15.0. The predicted octanol–water partition coefficient (Wildman–Crippen LogP) is 2.77. The molecule has 0 saturated carbocycles. The number of nitrogens with zero attached hydrogens (tertiary/aromatic N) is 1. The van der Waals surface area contributed by atoms with E-state index in [9.17, 15) is 0 Å². The van der Waals surface area contributed by atoms with Gasteiger partial charge in [-0.3, -0.25) is 0 Å². The van der Waals surface area contributed by atoms with Crippen molar-refractivity contribution < 1.29 is 0 Å². The molecule has 58 valence electrons. The first-order valence-corrected chi connectivity index (χ1v) is 4.26. The van der Waals surface area contributed by atoms with Crippen LogP contribution in [-0.2, 0) is 0 Å². The van der Waals surface area contributed by atoms with Crippen molar-refractivity contribution in [3.63, 3.8) is 0 Å². The third-order valence-electron chi connectivity index (χ3n) is 2.24. The molecule has 1 atom stereocenters. The van der Waals surface area contributed by atoms with Crippen molar-refractivity contribution in [3.8, 4) is 0 Å². The van der Waals surface area contributed by atoms with E-state index in [2.05, 4.69) is 41.2 Å². The lowest BCUT2D eigenvalue weighted by molar-refractivity contribution is 0.519. The number of allylic oxidation sites excluding steroid dienone is 2.